The smallest absolute Gasteiger partial charge is 0.253 e. The first-order valence-corrected chi connectivity index (χ1v) is 8.63. The van der Waals surface area contributed by atoms with Crippen LogP contribution in [0.1, 0.15) is 36.2 Å². The molecular weight excluding hydrogens is 316 g/mol. The van der Waals surface area contributed by atoms with Crippen molar-refractivity contribution in [2.75, 3.05) is 13.1 Å². The van der Waals surface area contributed by atoms with Gasteiger partial charge in [-0.15, -0.1) is 0 Å². The predicted octanol–water partition coefficient (Wildman–Crippen LogP) is 2.53. The van der Waals surface area contributed by atoms with Gasteiger partial charge in [-0.25, -0.2) is 0 Å². The summed E-state index contributed by atoms with van der Waals surface area (Å²) < 4.78 is 1.25. The fourth-order valence-corrected chi connectivity index (χ4v) is 3.17. The first-order chi connectivity index (χ1) is 12.1. The molecule has 1 saturated heterocycles. The van der Waals surface area contributed by atoms with E-state index in [0.29, 0.717) is 24.6 Å². The van der Waals surface area contributed by atoms with Crippen molar-refractivity contribution in [1.82, 2.24) is 9.47 Å². The average molecular weight is 338 g/mol. The zero-order valence-electron chi connectivity index (χ0n) is 14.3. The summed E-state index contributed by atoms with van der Waals surface area (Å²) in [6.07, 6.45) is 3.35. The van der Waals surface area contributed by atoms with Crippen molar-refractivity contribution >= 4 is 11.7 Å². The normalized spacial score (nSPS) is 16.4. The summed E-state index contributed by atoms with van der Waals surface area (Å²) in [5.41, 5.74) is 0.0810. The number of hydrogen-bond acceptors (Lipinski definition) is 3. The fraction of sp³-hybridized carbons (Fsp3) is 0.350. The van der Waals surface area contributed by atoms with Gasteiger partial charge in [0.15, 0.2) is 11.8 Å². The summed E-state index contributed by atoms with van der Waals surface area (Å²) in [6.45, 7) is 3.41. The fourth-order valence-electron chi connectivity index (χ4n) is 3.17. The first kappa shape index (κ1) is 17.1. The number of Topliss-reactive ketones (excluding diaryl/α,β-unsaturated/α-hetero) is 1. The SMILES string of the molecule is CC1CCN(C(=O)[C@H](C(=O)c2ccccc2)n2ccccc2=O)CC1. The standard InChI is InChI=1S/C20H22N2O3/c1-15-10-13-21(14-11-15)20(25)18(22-12-6-5-9-17(22)23)19(24)16-7-3-2-4-8-16/h2-9,12,15,18H,10-11,13-14H2,1H3/t18-/m0/s1. The van der Waals surface area contributed by atoms with Gasteiger partial charge in [0, 0.05) is 30.9 Å². The third kappa shape index (κ3) is 3.71. The molecule has 0 N–H and O–H groups in total. The molecule has 1 atom stereocenters. The summed E-state index contributed by atoms with van der Waals surface area (Å²) in [6, 6.07) is 12.2. The first-order valence-electron chi connectivity index (χ1n) is 8.63. The minimum atomic E-state index is -1.15. The van der Waals surface area contributed by atoms with Crippen LogP contribution in [0.25, 0.3) is 0 Å². The number of hydrogen-bond donors (Lipinski definition) is 0. The number of nitrogens with zero attached hydrogens (tertiary/aromatic N) is 2. The van der Waals surface area contributed by atoms with Crippen molar-refractivity contribution in [2.45, 2.75) is 25.8 Å². The van der Waals surface area contributed by atoms with E-state index >= 15 is 0 Å². The molecule has 130 valence electrons. The van der Waals surface area contributed by atoms with Crippen LogP contribution in [0, 0.1) is 5.92 Å². The summed E-state index contributed by atoms with van der Waals surface area (Å²) in [5, 5.41) is 0. The number of pyridine rings is 1. The molecule has 0 aliphatic carbocycles. The molecule has 0 saturated carbocycles. The Morgan fingerprint density at radius 2 is 1.64 bits per heavy atom. The van der Waals surface area contributed by atoms with E-state index in [1.165, 1.54) is 16.8 Å². The Kier molecular flexibility index (Phi) is 5.12. The van der Waals surface area contributed by atoms with Crippen LogP contribution in [0.15, 0.2) is 59.5 Å². The van der Waals surface area contributed by atoms with E-state index in [1.807, 2.05) is 6.07 Å². The number of aromatic nitrogens is 1. The minimum Gasteiger partial charge on any atom is -0.340 e. The lowest BCUT2D eigenvalue weighted by Gasteiger charge is -2.33. The van der Waals surface area contributed by atoms with Crippen molar-refractivity contribution < 1.29 is 9.59 Å². The van der Waals surface area contributed by atoms with Crippen LogP contribution < -0.4 is 5.56 Å². The van der Waals surface area contributed by atoms with E-state index in [1.54, 1.807) is 41.3 Å². The molecule has 2 heterocycles. The zero-order chi connectivity index (χ0) is 17.8. The molecule has 1 aliphatic heterocycles. The summed E-state index contributed by atoms with van der Waals surface area (Å²) in [4.78, 5) is 40.1. The highest BCUT2D eigenvalue weighted by Crippen LogP contribution is 2.21. The van der Waals surface area contributed by atoms with E-state index in [9.17, 15) is 14.4 Å². The maximum Gasteiger partial charge on any atom is 0.253 e. The zero-order valence-corrected chi connectivity index (χ0v) is 14.3. The highest BCUT2D eigenvalue weighted by atomic mass is 16.2. The Hall–Kier alpha value is -2.69. The molecular formula is C20H22N2O3. The minimum absolute atomic E-state index is 0.297. The molecule has 0 unspecified atom stereocenters. The molecule has 1 aromatic heterocycles. The monoisotopic (exact) mass is 338 g/mol. The number of piperidine rings is 1. The summed E-state index contributed by atoms with van der Waals surface area (Å²) >= 11 is 0. The number of rotatable bonds is 4. The van der Waals surface area contributed by atoms with Gasteiger partial charge in [0.25, 0.3) is 11.5 Å². The van der Waals surface area contributed by atoms with Gasteiger partial charge >= 0.3 is 0 Å². The molecule has 1 fully saturated rings. The van der Waals surface area contributed by atoms with Gasteiger partial charge in [-0.1, -0.05) is 43.3 Å². The lowest BCUT2D eigenvalue weighted by atomic mass is 9.97. The van der Waals surface area contributed by atoms with Crippen molar-refractivity contribution in [2.24, 2.45) is 5.92 Å². The quantitative estimate of drug-likeness (QED) is 0.636. The van der Waals surface area contributed by atoms with Crippen molar-refractivity contribution in [1.29, 1.82) is 0 Å². The highest BCUT2D eigenvalue weighted by molar-refractivity contribution is 6.11. The molecule has 2 aromatic rings. The third-order valence-corrected chi connectivity index (χ3v) is 4.77. The van der Waals surface area contributed by atoms with Crippen molar-refractivity contribution in [3.8, 4) is 0 Å². The van der Waals surface area contributed by atoms with Gasteiger partial charge in [0.05, 0.1) is 0 Å². The number of carbonyl (C=O) groups excluding carboxylic acids is 2. The summed E-state index contributed by atoms with van der Waals surface area (Å²) in [5.74, 6) is -0.0710. The van der Waals surface area contributed by atoms with Gasteiger partial charge in [-0.3, -0.25) is 19.0 Å². The van der Waals surface area contributed by atoms with Crippen LogP contribution in [-0.4, -0.2) is 34.2 Å². The lowest BCUT2D eigenvalue weighted by molar-refractivity contribution is -0.134. The van der Waals surface area contributed by atoms with Crippen molar-refractivity contribution in [3.63, 3.8) is 0 Å². The van der Waals surface area contributed by atoms with Gasteiger partial charge in [0.1, 0.15) is 0 Å². The number of likely N-dealkylation sites (tertiary alicyclic amines) is 1. The van der Waals surface area contributed by atoms with E-state index < -0.39 is 6.04 Å². The molecule has 0 radical (unpaired) electrons. The third-order valence-electron chi connectivity index (χ3n) is 4.77. The van der Waals surface area contributed by atoms with Gasteiger partial charge in [0.2, 0.25) is 0 Å². The van der Waals surface area contributed by atoms with Gasteiger partial charge in [-0.2, -0.15) is 0 Å². The molecule has 3 rings (SSSR count). The second-order valence-electron chi connectivity index (χ2n) is 6.59. The second-order valence-corrected chi connectivity index (χ2v) is 6.59. The van der Waals surface area contributed by atoms with E-state index in [0.717, 1.165) is 12.8 Å². The van der Waals surface area contributed by atoms with E-state index in [-0.39, 0.29) is 17.2 Å². The van der Waals surface area contributed by atoms with Crippen molar-refractivity contribution in [3.05, 3.63) is 70.6 Å². The lowest BCUT2D eigenvalue weighted by Crippen LogP contribution is -2.46. The van der Waals surface area contributed by atoms with Crippen LogP contribution >= 0.6 is 0 Å². The Bertz CT molecular complexity index is 805. The maximum absolute atomic E-state index is 13.1. The van der Waals surface area contributed by atoms with Gasteiger partial charge in [-0.05, 0) is 24.8 Å². The Morgan fingerprint density at radius 3 is 2.28 bits per heavy atom. The highest BCUT2D eigenvalue weighted by Gasteiger charge is 2.34. The van der Waals surface area contributed by atoms with Crippen LogP contribution in [0.2, 0.25) is 0 Å². The molecule has 0 spiro atoms. The van der Waals surface area contributed by atoms with E-state index in [4.69, 9.17) is 0 Å². The maximum atomic E-state index is 13.1. The number of amides is 1. The molecule has 25 heavy (non-hydrogen) atoms. The average Bonchev–Trinajstić information content (AvgIpc) is 2.64. The van der Waals surface area contributed by atoms with Crippen LogP contribution in [0.3, 0.4) is 0 Å². The summed E-state index contributed by atoms with van der Waals surface area (Å²) in [7, 11) is 0. The predicted molar refractivity (Wildman–Crippen MR) is 95.5 cm³/mol. The molecule has 1 aliphatic rings. The number of benzene rings is 1. The van der Waals surface area contributed by atoms with Crippen LogP contribution in [0.4, 0.5) is 0 Å². The van der Waals surface area contributed by atoms with Gasteiger partial charge < -0.3 is 4.90 Å². The topological polar surface area (TPSA) is 59.4 Å². The Labute approximate surface area is 146 Å². The molecule has 5 heteroatoms. The van der Waals surface area contributed by atoms with Crippen LogP contribution in [-0.2, 0) is 4.79 Å². The Balaban J connectivity index is 1.98. The molecule has 0 bridgehead atoms. The van der Waals surface area contributed by atoms with E-state index in [2.05, 4.69) is 6.92 Å². The number of carbonyl (C=O) groups is 2. The Morgan fingerprint density at radius 1 is 1.00 bits per heavy atom. The molecule has 5 nitrogen and oxygen atoms in total. The molecule has 1 amide bonds. The molecule has 1 aromatic carbocycles. The second kappa shape index (κ2) is 7.47. The number of ketones is 1. The largest absolute Gasteiger partial charge is 0.340 e. The van der Waals surface area contributed by atoms with Crippen LogP contribution in [0.5, 0.6) is 0 Å².